The predicted octanol–water partition coefficient (Wildman–Crippen LogP) is 1.67. The van der Waals surface area contributed by atoms with Crippen molar-refractivity contribution in [1.82, 2.24) is 24.9 Å². The van der Waals surface area contributed by atoms with E-state index >= 15 is 0 Å². The molecule has 2 aliphatic carbocycles. The van der Waals surface area contributed by atoms with Crippen LogP contribution in [0, 0.1) is 5.92 Å². The third kappa shape index (κ3) is 3.53. The molecule has 0 radical (unpaired) electrons. The van der Waals surface area contributed by atoms with E-state index in [1.54, 1.807) is 0 Å². The number of aromatic nitrogens is 4. The molecule has 0 spiro atoms. The van der Waals surface area contributed by atoms with Crippen LogP contribution in [0.4, 0.5) is 0 Å². The van der Waals surface area contributed by atoms with Crippen LogP contribution in [0.15, 0.2) is 24.5 Å². The molecule has 140 valence electrons. The van der Waals surface area contributed by atoms with Crippen LogP contribution in [0.2, 0.25) is 0 Å². The highest BCUT2D eigenvalue weighted by atomic mass is 16.3. The van der Waals surface area contributed by atoms with Gasteiger partial charge < -0.3 is 15.0 Å². The molecule has 2 aromatic rings. The summed E-state index contributed by atoms with van der Waals surface area (Å²) in [5, 5.41) is 21.9. The number of carbonyl (C=O) groups excluding carboxylic acids is 1. The van der Waals surface area contributed by atoms with Crippen LogP contribution in [-0.4, -0.2) is 42.2 Å². The molecule has 7 nitrogen and oxygen atoms in total. The summed E-state index contributed by atoms with van der Waals surface area (Å²) in [6, 6.07) is 3.89. The number of nitrogens with one attached hydrogen (secondary N) is 1. The fraction of sp³-hybridized carbons (Fsp3) is 0.632. The minimum Gasteiger partial charge on any atom is -0.389 e. The van der Waals surface area contributed by atoms with Crippen molar-refractivity contribution in [3.63, 3.8) is 0 Å². The first-order valence-corrected chi connectivity index (χ1v) is 9.56. The van der Waals surface area contributed by atoms with E-state index in [9.17, 15) is 9.90 Å². The second-order valence-electron chi connectivity index (χ2n) is 7.96. The minimum atomic E-state index is -0.570. The monoisotopic (exact) mass is 357 g/mol. The molecule has 4 rings (SSSR count). The number of carbonyl (C=O) groups is 1. The lowest BCUT2D eigenvalue weighted by Gasteiger charge is -2.35. The maximum absolute atomic E-state index is 12.5. The van der Waals surface area contributed by atoms with Crippen molar-refractivity contribution in [3.05, 3.63) is 35.9 Å². The normalized spacial score (nSPS) is 24.4. The van der Waals surface area contributed by atoms with Crippen molar-refractivity contribution in [3.8, 4) is 0 Å². The lowest BCUT2D eigenvalue weighted by Crippen LogP contribution is -2.39. The van der Waals surface area contributed by atoms with E-state index in [0.29, 0.717) is 18.0 Å². The Kier molecular flexibility index (Phi) is 4.56. The Balaban J connectivity index is 1.36. The van der Waals surface area contributed by atoms with Gasteiger partial charge in [0.15, 0.2) is 0 Å². The second kappa shape index (κ2) is 6.87. The molecule has 2 aromatic heterocycles. The topological polar surface area (TPSA) is 85.0 Å². The van der Waals surface area contributed by atoms with Crippen LogP contribution in [0.1, 0.15) is 54.7 Å². The Bertz CT molecular complexity index is 776. The van der Waals surface area contributed by atoms with E-state index in [0.717, 1.165) is 50.8 Å². The Hall–Kier alpha value is -2.15. The summed E-state index contributed by atoms with van der Waals surface area (Å²) in [6.45, 7) is 0.753. The van der Waals surface area contributed by atoms with Crippen molar-refractivity contribution in [2.45, 2.75) is 63.1 Å². The Morgan fingerprint density at radius 2 is 2.23 bits per heavy atom. The van der Waals surface area contributed by atoms with Crippen molar-refractivity contribution in [2.24, 2.45) is 13.0 Å². The van der Waals surface area contributed by atoms with E-state index in [-0.39, 0.29) is 11.9 Å². The molecule has 1 amide bonds. The number of hydrogen-bond acceptors (Lipinski definition) is 4. The van der Waals surface area contributed by atoms with Crippen molar-refractivity contribution in [1.29, 1.82) is 0 Å². The zero-order chi connectivity index (χ0) is 18.1. The highest BCUT2D eigenvalue weighted by molar-refractivity contribution is 5.92. The van der Waals surface area contributed by atoms with Gasteiger partial charge >= 0.3 is 0 Å². The fourth-order valence-corrected chi connectivity index (χ4v) is 4.23. The first-order valence-electron chi connectivity index (χ1n) is 9.56. The number of rotatable bonds is 6. The largest absolute Gasteiger partial charge is 0.389 e. The number of aliphatic hydroxyl groups is 1. The molecule has 0 aromatic carbocycles. The van der Waals surface area contributed by atoms with Crippen LogP contribution in [0.5, 0.6) is 0 Å². The molecule has 0 saturated heterocycles. The number of hydrogen-bond donors (Lipinski definition) is 2. The summed E-state index contributed by atoms with van der Waals surface area (Å²) in [4.78, 5) is 12.5. The van der Waals surface area contributed by atoms with E-state index in [4.69, 9.17) is 0 Å². The Morgan fingerprint density at radius 3 is 2.92 bits per heavy atom. The first-order chi connectivity index (χ1) is 12.5. The van der Waals surface area contributed by atoms with Crippen LogP contribution < -0.4 is 5.32 Å². The molecule has 0 aliphatic heterocycles. The maximum atomic E-state index is 12.5. The highest BCUT2D eigenvalue weighted by Gasteiger charge is 2.35. The van der Waals surface area contributed by atoms with Gasteiger partial charge in [0.1, 0.15) is 5.69 Å². The lowest BCUT2D eigenvalue weighted by molar-refractivity contribution is -0.0330. The molecule has 2 heterocycles. The number of aryl methyl sites for hydroxylation is 1. The van der Waals surface area contributed by atoms with Gasteiger partial charge in [-0.25, -0.2) is 0 Å². The summed E-state index contributed by atoms with van der Waals surface area (Å²) < 4.78 is 3.71. The van der Waals surface area contributed by atoms with Crippen LogP contribution in [-0.2, 0) is 20.0 Å². The minimum absolute atomic E-state index is 0.0131. The van der Waals surface area contributed by atoms with E-state index in [2.05, 4.69) is 15.6 Å². The van der Waals surface area contributed by atoms with Gasteiger partial charge in [-0.1, -0.05) is 11.6 Å². The molecule has 2 fully saturated rings. The third-order valence-electron chi connectivity index (χ3n) is 5.95. The predicted molar refractivity (Wildman–Crippen MR) is 96.5 cm³/mol. The van der Waals surface area contributed by atoms with E-state index in [1.807, 2.05) is 40.8 Å². The van der Waals surface area contributed by atoms with Gasteiger partial charge in [-0.3, -0.25) is 9.48 Å². The Labute approximate surface area is 153 Å². The SMILES string of the molecule is Cn1cccc1C(=O)N[C@@H]1CCC[C@@H]1Cn1cc(CC2(O)CCC2)nn1. The van der Waals surface area contributed by atoms with Gasteiger partial charge in [0.25, 0.3) is 5.91 Å². The van der Waals surface area contributed by atoms with Crippen molar-refractivity contribution >= 4 is 5.91 Å². The molecule has 2 saturated carbocycles. The van der Waals surface area contributed by atoms with Gasteiger partial charge in [0, 0.05) is 38.4 Å². The highest BCUT2D eigenvalue weighted by Crippen LogP contribution is 2.34. The molecule has 2 aliphatic rings. The molecule has 26 heavy (non-hydrogen) atoms. The molecule has 0 bridgehead atoms. The third-order valence-corrected chi connectivity index (χ3v) is 5.95. The van der Waals surface area contributed by atoms with E-state index in [1.165, 1.54) is 0 Å². The van der Waals surface area contributed by atoms with Gasteiger partial charge in [0.05, 0.1) is 11.3 Å². The molecule has 0 unspecified atom stereocenters. The van der Waals surface area contributed by atoms with Gasteiger partial charge in [-0.2, -0.15) is 0 Å². The average Bonchev–Trinajstić information content (AvgIpc) is 3.29. The Morgan fingerprint density at radius 1 is 1.38 bits per heavy atom. The number of amides is 1. The summed E-state index contributed by atoms with van der Waals surface area (Å²) in [5.74, 6) is 0.349. The zero-order valence-corrected chi connectivity index (χ0v) is 15.3. The summed E-state index contributed by atoms with van der Waals surface area (Å²) in [5.41, 5.74) is 0.974. The zero-order valence-electron chi connectivity index (χ0n) is 15.3. The summed E-state index contributed by atoms with van der Waals surface area (Å²) in [6.07, 6.45) is 10.4. The lowest BCUT2D eigenvalue weighted by atomic mass is 9.77. The molecular weight excluding hydrogens is 330 g/mol. The standard InChI is InChI=1S/C19H27N5O2/c1-23-10-3-7-17(23)18(25)20-16-6-2-5-14(16)12-24-13-15(21-22-24)11-19(26)8-4-9-19/h3,7,10,13-14,16,26H,2,4-6,8-9,11-12H2,1H3,(H,20,25)/t14-,16-/m1/s1. The maximum Gasteiger partial charge on any atom is 0.268 e. The molecular formula is C19H27N5O2. The van der Waals surface area contributed by atoms with Gasteiger partial charge in [0.2, 0.25) is 0 Å². The van der Waals surface area contributed by atoms with Crippen molar-refractivity contribution < 1.29 is 9.90 Å². The molecule has 2 N–H and O–H groups in total. The summed E-state index contributed by atoms with van der Waals surface area (Å²) >= 11 is 0. The van der Waals surface area contributed by atoms with E-state index < -0.39 is 5.60 Å². The molecule has 2 atom stereocenters. The second-order valence-corrected chi connectivity index (χ2v) is 7.96. The quantitative estimate of drug-likeness (QED) is 0.824. The van der Waals surface area contributed by atoms with Gasteiger partial charge in [-0.05, 0) is 50.2 Å². The molecule has 7 heteroatoms. The van der Waals surface area contributed by atoms with Crippen LogP contribution in [0.25, 0.3) is 0 Å². The first kappa shape index (κ1) is 17.3. The smallest absolute Gasteiger partial charge is 0.268 e. The van der Waals surface area contributed by atoms with Crippen LogP contribution in [0.3, 0.4) is 0 Å². The van der Waals surface area contributed by atoms with Gasteiger partial charge in [-0.15, -0.1) is 5.10 Å². The van der Waals surface area contributed by atoms with Crippen molar-refractivity contribution in [2.75, 3.05) is 0 Å². The van der Waals surface area contributed by atoms with Crippen LogP contribution >= 0.6 is 0 Å². The summed E-state index contributed by atoms with van der Waals surface area (Å²) in [7, 11) is 1.88. The average molecular weight is 357 g/mol. The number of nitrogens with zero attached hydrogens (tertiary/aromatic N) is 4. The fourth-order valence-electron chi connectivity index (χ4n) is 4.23.